The van der Waals surface area contributed by atoms with Crippen molar-refractivity contribution < 1.29 is 14.7 Å². The Morgan fingerprint density at radius 3 is 2.33 bits per heavy atom. The number of piperazine rings is 1. The van der Waals surface area contributed by atoms with Crippen molar-refractivity contribution in [3.05, 3.63) is 92.2 Å². The SMILES string of the molecule is O=C(N[C@H](Cc1cc(Br)c(O)c(Br)c1)C(=O)N1CCN(c2ccncn2)CC1)N1CCC(n2cc(-c3ccccc3)[nH]c2=O)CC1. The van der Waals surface area contributed by atoms with Gasteiger partial charge in [0.05, 0.1) is 14.6 Å². The summed E-state index contributed by atoms with van der Waals surface area (Å²) in [5.74, 6) is 0.711. The van der Waals surface area contributed by atoms with E-state index in [0.717, 1.165) is 22.6 Å². The molecule has 2 fully saturated rings. The average Bonchev–Trinajstić information content (AvgIpc) is 3.48. The molecule has 0 aliphatic carbocycles. The van der Waals surface area contributed by atoms with Crippen LogP contribution in [-0.4, -0.2) is 91.7 Å². The standard InChI is InChI=1S/C32H34Br2N8O4/c33-24-16-21(17-25(34)29(24)43)18-26(30(44)40-14-12-39(13-15-40)28-6-9-35-20-36-28)37-31(45)41-10-7-23(8-11-41)42-19-27(38-32(42)46)22-4-2-1-3-5-22/h1-6,9,16-17,19-20,23,26,43H,7-8,10-15,18H2,(H,37,45)(H,38,46)/t26-/m1/s1. The lowest BCUT2D eigenvalue weighted by Crippen LogP contribution is -2.57. The summed E-state index contributed by atoms with van der Waals surface area (Å²) in [6.07, 6.45) is 6.52. The smallest absolute Gasteiger partial charge is 0.326 e. The predicted molar refractivity (Wildman–Crippen MR) is 181 cm³/mol. The number of benzene rings is 2. The number of aromatic amines is 1. The number of imidazole rings is 1. The van der Waals surface area contributed by atoms with Crippen LogP contribution in [-0.2, 0) is 11.2 Å². The number of hydrogen-bond acceptors (Lipinski definition) is 7. The van der Waals surface area contributed by atoms with Crippen LogP contribution in [0.3, 0.4) is 0 Å². The molecule has 1 atom stereocenters. The molecule has 14 heteroatoms. The third-order valence-electron chi connectivity index (χ3n) is 8.57. The molecule has 4 aromatic rings. The van der Waals surface area contributed by atoms with Crippen molar-refractivity contribution in [2.75, 3.05) is 44.2 Å². The van der Waals surface area contributed by atoms with Gasteiger partial charge in [-0.15, -0.1) is 0 Å². The number of phenols is 1. The fourth-order valence-electron chi connectivity index (χ4n) is 6.05. The fourth-order valence-corrected chi connectivity index (χ4v) is 7.33. The molecule has 0 radical (unpaired) electrons. The fraction of sp³-hybridized carbons (Fsp3) is 0.344. The van der Waals surface area contributed by atoms with Crippen molar-refractivity contribution in [1.29, 1.82) is 0 Å². The molecule has 46 heavy (non-hydrogen) atoms. The van der Waals surface area contributed by atoms with Crippen molar-refractivity contribution in [2.24, 2.45) is 0 Å². The van der Waals surface area contributed by atoms with Gasteiger partial charge in [-0.05, 0) is 74.0 Å². The number of rotatable bonds is 7. The summed E-state index contributed by atoms with van der Waals surface area (Å²) < 4.78 is 2.71. The normalized spacial score (nSPS) is 16.3. The van der Waals surface area contributed by atoms with Gasteiger partial charge in [-0.25, -0.2) is 19.6 Å². The first kappa shape index (κ1) is 31.8. The molecule has 240 valence electrons. The second-order valence-corrected chi connectivity index (χ2v) is 13.2. The van der Waals surface area contributed by atoms with Crippen LogP contribution in [0, 0.1) is 0 Å². The first-order valence-electron chi connectivity index (χ1n) is 15.2. The van der Waals surface area contributed by atoms with Gasteiger partial charge >= 0.3 is 11.7 Å². The van der Waals surface area contributed by atoms with E-state index in [1.807, 2.05) is 42.6 Å². The van der Waals surface area contributed by atoms with Gasteiger partial charge in [-0.2, -0.15) is 0 Å². The number of anilines is 1. The van der Waals surface area contributed by atoms with Gasteiger partial charge in [0.1, 0.15) is 23.9 Å². The predicted octanol–water partition coefficient (Wildman–Crippen LogP) is 4.17. The molecule has 12 nitrogen and oxygen atoms in total. The number of carbonyl (C=O) groups excluding carboxylic acids is 2. The van der Waals surface area contributed by atoms with Crippen molar-refractivity contribution in [2.45, 2.75) is 31.3 Å². The van der Waals surface area contributed by atoms with Crippen LogP contribution in [0.15, 0.2) is 81.0 Å². The number of nitrogens with one attached hydrogen (secondary N) is 2. The highest BCUT2D eigenvalue weighted by Gasteiger charge is 2.32. The minimum atomic E-state index is -0.820. The summed E-state index contributed by atoms with van der Waals surface area (Å²) in [4.78, 5) is 57.2. The molecule has 0 unspecified atom stereocenters. The molecule has 2 aromatic heterocycles. The highest BCUT2D eigenvalue weighted by Crippen LogP contribution is 2.34. The van der Waals surface area contributed by atoms with Crippen LogP contribution in [0.1, 0.15) is 24.4 Å². The van der Waals surface area contributed by atoms with Gasteiger partial charge in [0.25, 0.3) is 0 Å². The lowest BCUT2D eigenvalue weighted by atomic mass is 10.0. The topological polar surface area (TPSA) is 140 Å². The van der Waals surface area contributed by atoms with Crippen molar-refractivity contribution in [1.82, 2.24) is 34.6 Å². The Labute approximate surface area is 282 Å². The molecule has 6 rings (SSSR count). The number of aromatic hydroxyl groups is 1. The van der Waals surface area contributed by atoms with E-state index in [2.05, 4.69) is 57.0 Å². The molecule has 3 amide bonds. The van der Waals surface area contributed by atoms with Gasteiger partial charge in [-0.1, -0.05) is 30.3 Å². The molecule has 2 aliphatic rings. The lowest BCUT2D eigenvalue weighted by Gasteiger charge is -2.38. The number of piperidine rings is 1. The van der Waals surface area contributed by atoms with Crippen molar-refractivity contribution in [3.63, 3.8) is 0 Å². The number of hydrogen-bond donors (Lipinski definition) is 3. The lowest BCUT2D eigenvalue weighted by molar-refractivity contribution is -0.133. The third-order valence-corrected chi connectivity index (χ3v) is 9.78. The zero-order chi connectivity index (χ0) is 32.2. The van der Waals surface area contributed by atoms with E-state index in [1.165, 1.54) is 6.33 Å². The Kier molecular flexibility index (Phi) is 9.73. The van der Waals surface area contributed by atoms with E-state index in [-0.39, 0.29) is 35.8 Å². The molecule has 2 aliphatic heterocycles. The van der Waals surface area contributed by atoms with Crippen molar-refractivity contribution >= 4 is 49.6 Å². The van der Waals surface area contributed by atoms with Crippen LogP contribution in [0.4, 0.5) is 10.6 Å². The number of phenolic OH excluding ortho intramolecular Hbond substituents is 1. The monoisotopic (exact) mass is 752 g/mol. The number of likely N-dealkylation sites (tertiary alicyclic amines) is 1. The summed E-state index contributed by atoms with van der Waals surface area (Å²) in [5, 5.41) is 13.2. The van der Waals surface area contributed by atoms with Gasteiger partial charge in [0.15, 0.2) is 0 Å². The Morgan fingerprint density at radius 1 is 0.978 bits per heavy atom. The van der Waals surface area contributed by atoms with Gasteiger partial charge < -0.3 is 30.1 Å². The summed E-state index contributed by atoms with van der Waals surface area (Å²) in [7, 11) is 0. The molecule has 2 aromatic carbocycles. The maximum absolute atomic E-state index is 13.9. The minimum Gasteiger partial charge on any atom is -0.506 e. The van der Waals surface area contributed by atoms with E-state index in [0.29, 0.717) is 61.1 Å². The molecular formula is C32H34Br2N8O4. The van der Waals surface area contributed by atoms with Crippen LogP contribution in [0.25, 0.3) is 11.3 Å². The molecule has 0 bridgehead atoms. The van der Waals surface area contributed by atoms with Gasteiger partial charge in [0, 0.05) is 64.1 Å². The number of nitrogens with zero attached hydrogens (tertiary/aromatic N) is 6. The minimum absolute atomic E-state index is 0.0411. The molecule has 3 N–H and O–H groups in total. The molecule has 2 saturated heterocycles. The zero-order valence-corrected chi connectivity index (χ0v) is 28.2. The number of urea groups is 1. The highest BCUT2D eigenvalue weighted by molar-refractivity contribution is 9.11. The number of H-pyrrole nitrogens is 1. The second kappa shape index (κ2) is 14.1. The van der Waals surface area contributed by atoms with Crippen molar-refractivity contribution in [3.8, 4) is 17.0 Å². The summed E-state index contributed by atoms with van der Waals surface area (Å²) in [6.45, 7) is 3.09. The van der Waals surface area contributed by atoms with E-state index < -0.39 is 6.04 Å². The Bertz CT molecular complexity index is 1710. The summed E-state index contributed by atoms with van der Waals surface area (Å²) in [6, 6.07) is 13.9. The van der Waals surface area contributed by atoms with Gasteiger partial charge in [0.2, 0.25) is 5.91 Å². The summed E-state index contributed by atoms with van der Waals surface area (Å²) >= 11 is 6.75. The van der Waals surface area contributed by atoms with Crippen LogP contribution < -0.4 is 15.9 Å². The number of carbonyl (C=O) groups is 2. The Morgan fingerprint density at radius 2 is 1.67 bits per heavy atom. The number of halogens is 2. The third kappa shape index (κ3) is 7.12. The number of aromatic nitrogens is 4. The average molecular weight is 754 g/mol. The maximum atomic E-state index is 13.9. The van der Waals surface area contributed by atoms with E-state index >= 15 is 0 Å². The van der Waals surface area contributed by atoms with Gasteiger partial charge in [-0.3, -0.25) is 9.36 Å². The Balaban J connectivity index is 1.12. The first-order chi connectivity index (χ1) is 22.3. The summed E-state index contributed by atoms with van der Waals surface area (Å²) in [5.41, 5.74) is 2.31. The maximum Gasteiger partial charge on any atom is 0.326 e. The quantitative estimate of drug-likeness (QED) is 0.258. The molecular weight excluding hydrogens is 720 g/mol. The van der Waals surface area contributed by atoms with E-state index in [4.69, 9.17) is 0 Å². The van der Waals surface area contributed by atoms with E-state index in [9.17, 15) is 19.5 Å². The zero-order valence-electron chi connectivity index (χ0n) is 25.0. The number of amides is 3. The first-order valence-corrected chi connectivity index (χ1v) is 16.7. The Hall–Kier alpha value is -4.17. The molecule has 4 heterocycles. The van der Waals surface area contributed by atoms with E-state index in [1.54, 1.807) is 32.7 Å². The molecule has 0 spiro atoms. The largest absolute Gasteiger partial charge is 0.506 e. The van der Waals surface area contributed by atoms with Crippen LogP contribution in [0.2, 0.25) is 0 Å². The van der Waals surface area contributed by atoms with Crippen LogP contribution in [0.5, 0.6) is 5.75 Å². The second-order valence-electron chi connectivity index (χ2n) is 11.5. The molecule has 0 saturated carbocycles. The van der Waals surface area contributed by atoms with Crippen LogP contribution >= 0.6 is 31.9 Å². The highest BCUT2D eigenvalue weighted by atomic mass is 79.9.